The second-order valence-corrected chi connectivity index (χ2v) is 6.56. The van der Waals surface area contributed by atoms with E-state index in [0.29, 0.717) is 12.0 Å². The summed E-state index contributed by atoms with van der Waals surface area (Å²) in [6.45, 7) is 3.14. The third-order valence-corrected chi connectivity index (χ3v) is 5.00. The predicted octanol–water partition coefficient (Wildman–Crippen LogP) is 3.99. The molecule has 1 fully saturated rings. The van der Waals surface area contributed by atoms with E-state index in [9.17, 15) is 4.79 Å². The van der Waals surface area contributed by atoms with Gasteiger partial charge in [-0.2, -0.15) is 0 Å². The van der Waals surface area contributed by atoms with Crippen LogP contribution in [0.15, 0.2) is 28.7 Å². The molecule has 0 aromatic heterocycles. The molecule has 1 aromatic rings. The van der Waals surface area contributed by atoms with E-state index in [-0.39, 0.29) is 5.92 Å². The van der Waals surface area contributed by atoms with Crippen molar-refractivity contribution in [3.63, 3.8) is 0 Å². The number of hydrogen-bond donors (Lipinski definition) is 2. The fraction of sp³-hybridized carbons (Fsp3) is 0.562. The Labute approximate surface area is 128 Å². The zero-order valence-corrected chi connectivity index (χ0v) is 13.4. The SMILES string of the molecule is CC(NCC1CCC(C(=O)O)CC1)c1ccccc1Br. The summed E-state index contributed by atoms with van der Waals surface area (Å²) in [5.74, 6) is -0.138. The van der Waals surface area contributed by atoms with Crippen LogP contribution in [0.2, 0.25) is 0 Å². The highest BCUT2D eigenvalue weighted by Gasteiger charge is 2.25. The average Bonchev–Trinajstić information content (AvgIpc) is 2.45. The quantitative estimate of drug-likeness (QED) is 0.852. The van der Waals surface area contributed by atoms with Gasteiger partial charge in [-0.05, 0) is 56.7 Å². The van der Waals surface area contributed by atoms with Crippen LogP contribution in [0.4, 0.5) is 0 Å². The highest BCUT2D eigenvalue weighted by molar-refractivity contribution is 9.10. The maximum atomic E-state index is 10.9. The van der Waals surface area contributed by atoms with Crippen LogP contribution in [0.3, 0.4) is 0 Å². The summed E-state index contributed by atoms with van der Waals surface area (Å²) in [6.07, 6.45) is 3.69. The third-order valence-electron chi connectivity index (χ3n) is 4.28. The maximum absolute atomic E-state index is 10.9. The van der Waals surface area contributed by atoms with E-state index in [1.807, 2.05) is 6.07 Å². The Balaban J connectivity index is 1.79. The van der Waals surface area contributed by atoms with Crippen molar-refractivity contribution in [1.29, 1.82) is 0 Å². The van der Waals surface area contributed by atoms with Crippen molar-refractivity contribution in [2.45, 2.75) is 38.6 Å². The number of benzene rings is 1. The summed E-state index contributed by atoms with van der Waals surface area (Å²) in [7, 11) is 0. The molecule has 1 unspecified atom stereocenters. The van der Waals surface area contributed by atoms with Crippen molar-refractivity contribution >= 4 is 21.9 Å². The van der Waals surface area contributed by atoms with Crippen molar-refractivity contribution in [3.8, 4) is 0 Å². The van der Waals surface area contributed by atoms with Crippen LogP contribution >= 0.6 is 15.9 Å². The van der Waals surface area contributed by atoms with Crippen molar-refractivity contribution in [3.05, 3.63) is 34.3 Å². The van der Waals surface area contributed by atoms with Crippen LogP contribution in [-0.2, 0) is 4.79 Å². The number of hydrogen-bond acceptors (Lipinski definition) is 2. The number of carboxylic acids is 1. The van der Waals surface area contributed by atoms with Gasteiger partial charge < -0.3 is 10.4 Å². The van der Waals surface area contributed by atoms with Crippen molar-refractivity contribution in [2.75, 3.05) is 6.54 Å². The highest BCUT2D eigenvalue weighted by atomic mass is 79.9. The van der Waals surface area contributed by atoms with E-state index in [2.05, 4.69) is 46.4 Å². The number of rotatable bonds is 5. The molecule has 110 valence electrons. The topological polar surface area (TPSA) is 49.3 Å². The van der Waals surface area contributed by atoms with Crippen LogP contribution in [-0.4, -0.2) is 17.6 Å². The molecule has 1 saturated carbocycles. The summed E-state index contributed by atoms with van der Waals surface area (Å²) in [6, 6.07) is 8.57. The minimum absolute atomic E-state index is 0.119. The standard InChI is InChI=1S/C16H22BrNO2/c1-11(14-4-2-3-5-15(14)17)18-10-12-6-8-13(9-7-12)16(19)20/h2-5,11-13,18H,6-10H2,1H3,(H,19,20). The molecule has 3 nitrogen and oxygen atoms in total. The molecule has 0 radical (unpaired) electrons. The van der Waals surface area contributed by atoms with Gasteiger partial charge in [-0.3, -0.25) is 4.79 Å². The number of aliphatic carboxylic acids is 1. The molecule has 2 N–H and O–H groups in total. The zero-order chi connectivity index (χ0) is 14.5. The lowest BCUT2D eigenvalue weighted by molar-refractivity contribution is -0.143. The van der Waals surface area contributed by atoms with Gasteiger partial charge in [0.15, 0.2) is 0 Å². The number of carboxylic acid groups (broad SMARTS) is 1. The first-order chi connectivity index (χ1) is 9.58. The van der Waals surface area contributed by atoms with Gasteiger partial charge in [0.25, 0.3) is 0 Å². The molecular weight excluding hydrogens is 318 g/mol. The van der Waals surface area contributed by atoms with Crippen molar-refractivity contribution < 1.29 is 9.90 Å². The molecule has 1 aromatic carbocycles. The predicted molar refractivity (Wildman–Crippen MR) is 83.6 cm³/mol. The van der Waals surface area contributed by atoms with Gasteiger partial charge in [-0.25, -0.2) is 0 Å². The van der Waals surface area contributed by atoms with Crippen molar-refractivity contribution in [2.24, 2.45) is 11.8 Å². The number of carbonyl (C=O) groups is 1. The Kier molecular flexibility index (Phi) is 5.61. The second-order valence-electron chi connectivity index (χ2n) is 5.71. The molecule has 20 heavy (non-hydrogen) atoms. The maximum Gasteiger partial charge on any atom is 0.306 e. The van der Waals surface area contributed by atoms with Gasteiger partial charge in [-0.1, -0.05) is 34.1 Å². The van der Waals surface area contributed by atoms with E-state index >= 15 is 0 Å². The summed E-state index contributed by atoms with van der Waals surface area (Å²) in [5.41, 5.74) is 1.27. The molecule has 2 rings (SSSR count). The smallest absolute Gasteiger partial charge is 0.306 e. The van der Waals surface area contributed by atoms with E-state index in [0.717, 1.165) is 36.7 Å². The van der Waals surface area contributed by atoms with Gasteiger partial charge in [0.1, 0.15) is 0 Å². The molecule has 1 aliphatic rings. The molecular formula is C16H22BrNO2. The Morgan fingerprint density at radius 3 is 2.60 bits per heavy atom. The summed E-state index contributed by atoms with van der Waals surface area (Å²) < 4.78 is 1.13. The fourth-order valence-corrected chi connectivity index (χ4v) is 3.52. The van der Waals surface area contributed by atoms with Gasteiger partial charge in [0.05, 0.1) is 5.92 Å². The first-order valence-corrected chi connectivity index (χ1v) is 8.08. The fourth-order valence-electron chi connectivity index (χ4n) is 2.89. The highest BCUT2D eigenvalue weighted by Crippen LogP contribution is 2.29. The molecule has 0 bridgehead atoms. The van der Waals surface area contributed by atoms with Crippen LogP contribution in [0.5, 0.6) is 0 Å². The van der Waals surface area contributed by atoms with Crippen LogP contribution in [0.25, 0.3) is 0 Å². The number of halogens is 1. The first-order valence-electron chi connectivity index (χ1n) is 7.28. The molecule has 0 amide bonds. The van der Waals surface area contributed by atoms with Gasteiger partial charge in [0.2, 0.25) is 0 Å². The first kappa shape index (κ1) is 15.5. The van der Waals surface area contributed by atoms with Crippen LogP contribution in [0.1, 0.15) is 44.2 Å². The molecule has 0 aliphatic heterocycles. The van der Waals surface area contributed by atoms with Gasteiger partial charge >= 0.3 is 5.97 Å². The summed E-state index contributed by atoms with van der Waals surface area (Å²) in [5, 5.41) is 12.6. The lowest BCUT2D eigenvalue weighted by atomic mass is 9.82. The second kappa shape index (κ2) is 7.23. The monoisotopic (exact) mass is 339 g/mol. The Morgan fingerprint density at radius 2 is 2.00 bits per heavy atom. The largest absolute Gasteiger partial charge is 0.481 e. The molecule has 4 heteroatoms. The van der Waals surface area contributed by atoms with Gasteiger partial charge in [0, 0.05) is 10.5 Å². The molecule has 0 heterocycles. The van der Waals surface area contributed by atoms with Crippen molar-refractivity contribution in [1.82, 2.24) is 5.32 Å². The van der Waals surface area contributed by atoms with Crippen LogP contribution < -0.4 is 5.32 Å². The zero-order valence-electron chi connectivity index (χ0n) is 11.8. The lowest BCUT2D eigenvalue weighted by Crippen LogP contribution is -2.30. The van der Waals surface area contributed by atoms with E-state index in [1.54, 1.807) is 0 Å². The van der Waals surface area contributed by atoms with Gasteiger partial charge in [-0.15, -0.1) is 0 Å². The number of nitrogens with one attached hydrogen (secondary N) is 1. The Bertz CT molecular complexity index is 456. The third kappa shape index (κ3) is 4.06. The minimum Gasteiger partial charge on any atom is -0.481 e. The Morgan fingerprint density at radius 1 is 1.35 bits per heavy atom. The summed E-state index contributed by atoms with van der Waals surface area (Å²) in [4.78, 5) is 10.9. The molecule has 1 aliphatic carbocycles. The molecule has 0 spiro atoms. The average molecular weight is 340 g/mol. The molecule has 1 atom stereocenters. The lowest BCUT2D eigenvalue weighted by Gasteiger charge is -2.27. The summed E-state index contributed by atoms with van der Waals surface area (Å²) >= 11 is 3.58. The van der Waals surface area contributed by atoms with E-state index in [1.165, 1.54) is 5.56 Å². The minimum atomic E-state index is -0.627. The van der Waals surface area contributed by atoms with E-state index in [4.69, 9.17) is 5.11 Å². The Hall–Kier alpha value is -0.870. The van der Waals surface area contributed by atoms with E-state index < -0.39 is 5.97 Å². The van der Waals surface area contributed by atoms with Crippen LogP contribution in [0, 0.1) is 11.8 Å². The normalized spacial score (nSPS) is 24.3. The molecule has 0 saturated heterocycles.